The van der Waals surface area contributed by atoms with E-state index in [1.54, 1.807) is 24.3 Å². The van der Waals surface area contributed by atoms with Gasteiger partial charge in [0.05, 0.1) is 24.9 Å². The zero-order valence-electron chi connectivity index (χ0n) is 24.0. The summed E-state index contributed by atoms with van der Waals surface area (Å²) in [5, 5.41) is 9.00. The molecule has 0 spiro atoms. The van der Waals surface area contributed by atoms with Gasteiger partial charge in [0.25, 0.3) is 0 Å². The third-order valence-electron chi connectivity index (χ3n) is 4.75. The van der Waals surface area contributed by atoms with E-state index in [9.17, 15) is 4.79 Å². The normalized spacial score (nSPS) is 15.3. The summed E-state index contributed by atoms with van der Waals surface area (Å²) in [6.45, 7) is 24.1. The zero-order chi connectivity index (χ0) is 28.6. The Morgan fingerprint density at radius 3 is 2.27 bits per heavy atom. The minimum absolute atomic E-state index is 0.0286. The van der Waals surface area contributed by atoms with Crippen LogP contribution in [-0.4, -0.2) is 29.9 Å². The summed E-state index contributed by atoms with van der Waals surface area (Å²) in [5.74, 6) is 1.22. The Labute approximate surface area is 225 Å². The Kier molecular flexibility index (Phi) is 22.4. The van der Waals surface area contributed by atoms with Gasteiger partial charge in [0.15, 0.2) is 0 Å². The van der Waals surface area contributed by atoms with Crippen molar-refractivity contribution in [3.8, 4) is 0 Å². The third-order valence-corrected chi connectivity index (χ3v) is 4.75. The van der Waals surface area contributed by atoms with Crippen LogP contribution >= 0.6 is 0 Å². The van der Waals surface area contributed by atoms with Gasteiger partial charge in [0, 0.05) is 6.42 Å². The molecule has 0 aliphatic heterocycles. The Bertz CT molecular complexity index is 881. The largest absolute Gasteiger partial charge is 0.498 e. The van der Waals surface area contributed by atoms with Crippen LogP contribution in [0.2, 0.25) is 0 Å². The lowest BCUT2D eigenvalue weighted by molar-refractivity contribution is -0.136. The van der Waals surface area contributed by atoms with Gasteiger partial charge in [-0.2, -0.15) is 0 Å². The van der Waals surface area contributed by atoms with Crippen molar-refractivity contribution in [2.75, 3.05) is 6.61 Å². The molecule has 5 heteroatoms. The molecule has 0 saturated heterocycles. The maximum absolute atomic E-state index is 11.0. The fraction of sp³-hybridized carbons (Fsp3) is 0.406. The SMILES string of the molecule is C=C.C=C/C(=C\C=C/C)O/C(=C/C(C)=C\CC)C(C)O[C@H](C)CCO/C(C)=C/C=C(\C=C\C)CC(=O)O. The molecule has 37 heavy (non-hydrogen) atoms. The van der Waals surface area contributed by atoms with Gasteiger partial charge in [-0.25, -0.2) is 0 Å². The molecule has 0 saturated carbocycles. The highest BCUT2D eigenvalue weighted by atomic mass is 16.5. The van der Waals surface area contributed by atoms with E-state index in [-0.39, 0.29) is 18.6 Å². The average molecular weight is 513 g/mol. The minimum Gasteiger partial charge on any atom is -0.498 e. The third kappa shape index (κ3) is 19.5. The first kappa shape index (κ1) is 35.8. The molecule has 0 heterocycles. The van der Waals surface area contributed by atoms with Crippen molar-refractivity contribution in [1.29, 1.82) is 0 Å². The fourth-order valence-corrected chi connectivity index (χ4v) is 3.01. The maximum atomic E-state index is 11.0. The second-order valence-corrected chi connectivity index (χ2v) is 8.12. The van der Waals surface area contributed by atoms with Crippen molar-refractivity contribution in [3.05, 3.63) is 109 Å². The van der Waals surface area contributed by atoms with E-state index in [2.05, 4.69) is 32.7 Å². The number of carboxylic acid groups (broad SMARTS) is 1. The van der Waals surface area contributed by atoms with Crippen molar-refractivity contribution < 1.29 is 24.1 Å². The molecule has 0 amide bonds. The lowest BCUT2D eigenvalue weighted by Crippen LogP contribution is -2.21. The number of ether oxygens (including phenoxy) is 3. The lowest BCUT2D eigenvalue weighted by Gasteiger charge is -2.22. The summed E-state index contributed by atoms with van der Waals surface area (Å²) in [4.78, 5) is 11.0. The van der Waals surface area contributed by atoms with E-state index in [0.29, 0.717) is 35.9 Å². The molecule has 0 aliphatic rings. The molecule has 0 radical (unpaired) electrons. The first-order valence-electron chi connectivity index (χ1n) is 12.7. The van der Waals surface area contributed by atoms with Gasteiger partial charge in [0.2, 0.25) is 0 Å². The maximum Gasteiger partial charge on any atom is 0.307 e. The molecular weight excluding hydrogens is 464 g/mol. The van der Waals surface area contributed by atoms with Crippen LogP contribution < -0.4 is 0 Å². The topological polar surface area (TPSA) is 65.0 Å². The van der Waals surface area contributed by atoms with Crippen LogP contribution in [0.15, 0.2) is 109 Å². The molecule has 0 fully saturated rings. The zero-order valence-corrected chi connectivity index (χ0v) is 24.0. The summed E-state index contributed by atoms with van der Waals surface area (Å²) >= 11 is 0. The molecule has 1 unspecified atom stereocenters. The van der Waals surface area contributed by atoms with Crippen LogP contribution in [0.1, 0.15) is 67.7 Å². The summed E-state index contributed by atoms with van der Waals surface area (Å²) < 4.78 is 18.1. The molecule has 0 aromatic heterocycles. The van der Waals surface area contributed by atoms with Gasteiger partial charge < -0.3 is 19.3 Å². The standard InChI is InChI=1S/C30H44O5.C2H4/c1-9-13-16-28(12-4)35-29(21-23(5)14-10-2)26(8)34-25(7)19-20-33-24(6)17-18-27(15-11-3)22-30(31)32;1-2/h9,11-18,21,25-26H,4,10,19-20,22H2,1-3,5-8H3,(H,31,32);1-2H2/b13-9-,15-11+,23-14-,24-17+,27-18+,28-16+,29-21+;/t25-,26?;/m1./s1. The molecule has 0 aromatic carbocycles. The first-order valence-corrected chi connectivity index (χ1v) is 12.7. The highest BCUT2D eigenvalue weighted by molar-refractivity contribution is 5.71. The van der Waals surface area contributed by atoms with Crippen molar-refractivity contribution in [1.82, 2.24) is 0 Å². The number of allylic oxidation sites excluding steroid dienone is 12. The quantitative estimate of drug-likeness (QED) is 0.120. The number of hydrogen-bond donors (Lipinski definition) is 1. The number of carbonyl (C=O) groups is 1. The fourth-order valence-electron chi connectivity index (χ4n) is 3.01. The van der Waals surface area contributed by atoms with Gasteiger partial charge in [0.1, 0.15) is 17.6 Å². The van der Waals surface area contributed by atoms with E-state index in [0.717, 1.165) is 12.0 Å². The molecule has 1 N–H and O–H groups in total. The van der Waals surface area contributed by atoms with E-state index >= 15 is 0 Å². The predicted octanol–water partition coefficient (Wildman–Crippen LogP) is 8.77. The van der Waals surface area contributed by atoms with E-state index < -0.39 is 5.97 Å². The van der Waals surface area contributed by atoms with Crippen molar-refractivity contribution in [3.63, 3.8) is 0 Å². The number of hydrogen-bond acceptors (Lipinski definition) is 4. The van der Waals surface area contributed by atoms with Crippen LogP contribution in [0, 0.1) is 0 Å². The van der Waals surface area contributed by atoms with E-state index in [1.165, 1.54) is 0 Å². The monoisotopic (exact) mass is 512 g/mol. The Hall–Kier alpha value is -3.31. The molecule has 5 nitrogen and oxygen atoms in total. The highest BCUT2D eigenvalue weighted by Gasteiger charge is 2.16. The number of aliphatic carboxylic acids is 1. The molecule has 0 rings (SSSR count). The Morgan fingerprint density at radius 1 is 1.05 bits per heavy atom. The Balaban J connectivity index is 0. The van der Waals surface area contributed by atoms with Gasteiger partial charge >= 0.3 is 5.97 Å². The Morgan fingerprint density at radius 2 is 1.73 bits per heavy atom. The van der Waals surface area contributed by atoms with Crippen molar-refractivity contribution in [2.24, 2.45) is 0 Å². The smallest absolute Gasteiger partial charge is 0.307 e. The molecule has 0 aromatic rings. The van der Waals surface area contributed by atoms with Gasteiger partial charge in [-0.15, -0.1) is 13.2 Å². The summed E-state index contributed by atoms with van der Waals surface area (Å²) in [5.41, 5.74) is 1.82. The first-order chi connectivity index (χ1) is 17.7. The average Bonchev–Trinajstić information content (AvgIpc) is 2.85. The predicted molar refractivity (Wildman–Crippen MR) is 157 cm³/mol. The van der Waals surface area contributed by atoms with Gasteiger partial charge in [-0.05, 0) is 77.8 Å². The molecule has 0 bridgehead atoms. The number of carboxylic acids is 1. The van der Waals surface area contributed by atoms with Gasteiger partial charge in [-0.1, -0.05) is 55.5 Å². The van der Waals surface area contributed by atoms with Crippen LogP contribution in [-0.2, 0) is 19.0 Å². The van der Waals surface area contributed by atoms with Crippen LogP contribution in [0.3, 0.4) is 0 Å². The molecular formula is C32H48O5. The van der Waals surface area contributed by atoms with E-state index in [4.69, 9.17) is 19.3 Å². The summed E-state index contributed by atoms with van der Waals surface area (Å²) in [6, 6.07) is 0. The van der Waals surface area contributed by atoms with Crippen LogP contribution in [0.25, 0.3) is 0 Å². The second kappa shape index (κ2) is 23.1. The van der Waals surface area contributed by atoms with Crippen LogP contribution in [0.5, 0.6) is 0 Å². The summed E-state index contributed by atoms with van der Waals surface area (Å²) in [7, 11) is 0. The molecule has 2 atom stereocenters. The lowest BCUT2D eigenvalue weighted by atomic mass is 10.1. The van der Waals surface area contributed by atoms with Crippen molar-refractivity contribution >= 4 is 5.97 Å². The van der Waals surface area contributed by atoms with Crippen LogP contribution in [0.4, 0.5) is 0 Å². The van der Waals surface area contributed by atoms with Gasteiger partial charge in [-0.3, -0.25) is 4.79 Å². The second-order valence-electron chi connectivity index (χ2n) is 8.12. The highest BCUT2D eigenvalue weighted by Crippen LogP contribution is 2.19. The molecule has 206 valence electrons. The van der Waals surface area contributed by atoms with Crippen molar-refractivity contribution in [2.45, 2.75) is 79.9 Å². The van der Waals surface area contributed by atoms with E-state index in [1.807, 2.05) is 71.9 Å². The number of rotatable bonds is 17. The minimum atomic E-state index is -0.864. The summed E-state index contributed by atoms with van der Waals surface area (Å²) in [6.07, 6.45) is 20.0. The molecule has 0 aliphatic carbocycles.